The van der Waals surface area contributed by atoms with Gasteiger partial charge in [0.2, 0.25) is 0 Å². The molecule has 2 rings (SSSR count). The molecule has 4 heteroatoms. The third kappa shape index (κ3) is 2.80. The molecule has 1 N–H and O–H groups in total. The maximum Gasteiger partial charge on any atom is 0.142 e. The minimum Gasteiger partial charge on any atom is -0.357 e. The highest BCUT2D eigenvalue weighted by atomic mass is 15.2. The van der Waals surface area contributed by atoms with Gasteiger partial charge in [-0.1, -0.05) is 6.07 Å². The van der Waals surface area contributed by atoms with E-state index in [1.807, 2.05) is 19.2 Å². The molecule has 1 saturated carbocycles. The Morgan fingerprint density at radius 1 is 1.33 bits per heavy atom. The Morgan fingerprint density at radius 2 is 2.06 bits per heavy atom. The minimum absolute atomic E-state index is 0.489. The van der Waals surface area contributed by atoms with Gasteiger partial charge in [-0.3, -0.25) is 0 Å². The Balaban J connectivity index is 2.03. The number of rotatable bonds is 3. The van der Waals surface area contributed by atoms with E-state index in [2.05, 4.69) is 28.3 Å². The van der Waals surface area contributed by atoms with Crippen LogP contribution < -0.4 is 10.2 Å². The molecule has 0 spiro atoms. The Kier molecular flexibility index (Phi) is 4.16. The maximum atomic E-state index is 8.88. The molecular weight excluding hydrogens is 224 g/mol. The van der Waals surface area contributed by atoms with Crippen LogP contribution in [0, 0.1) is 11.3 Å². The predicted molar refractivity (Wildman–Crippen MR) is 72.5 cm³/mol. The van der Waals surface area contributed by atoms with Crippen molar-refractivity contribution in [1.82, 2.24) is 10.3 Å². The van der Waals surface area contributed by atoms with Gasteiger partial charge in [-0.2, -0.15) is 5.26 Å². The van der Waals surface area contributed by atoms with E-state index in [0.29, 0.717) is 17.8 Å². The largest absolute Gasteiger partial charge is 0.357 e. The van der Waals surface area contributed by atoms with Crippen LogP contribution in [0.25, 0.3) is 0 Å². The van der Waals surface area contributed by atoms with Crippen molar-refractivity contribution in [3.63, 3.8) is 0 Å². The first-order valence-electron chi connectivity index (χ1n) is 6.52. The fraction of sp³-hybridized carbons (Fsp3) is 0.571. The number of anilines is 1. The van der Waals surface area contributed by atoms with Gasteiger partial charge in [0, 0.05) is 19.1 Å². The summed E-state index contributed by atoms with van der Waals surface area (Å²) in [6, 6.07) is 8.91. The lowest BCUT2D eigenvalue weighted by molar-refractivity contribution is 0.350. The van der Waals surface area contributed by atoms with Gasteiger partial charge >= 0.3 is 0 Å². The summed E-state index contributed by atoms with van der Waals surface area (Å²) in [7, 11) is 4.11. The number of nitrogens with zero attached hydrogens (tertiary/aromatic N) is 3. The fourth-order valence-electron chi connectivity index (χ4n) is 2.62. The van der Waals surface area contributed by atoms with E-state index < -0.39 is 0 Å². The fourth-order valence-corrected chi connectivity index (χ4v) is 2.62. The van der Waals surface area contributed by atoms with E-state index in [9.17, 15) is 0 Å². The number of nitrogens with one attached hydrogen (secondary N) is 1. The molecule has 1 aliphatic rings. The minimum atomic E-state index is 0.489. The first-order chi connectivity index (χ1) is 8.74. The summed E-state index contributed by atoms with van der Waals surface area (Å²) in [5, 5.41) is 12.2. The van der Waals surface area contributed by atoms with Crippen molar-refractivity contribution in [1.29, 1.82) is 5.26 Å². The Morgan fingerprint density at radius 3 is 2.67 bits per heavy atom. The monoisotopic (exact) mass is 244 g/mol. The highest BCUT2D eigenvalue weighted by Crippen LogP contribution is 2.25. The molecule has 0 aliphatic heterocycles. The number of nitriles is 1. The third-order valence-corrected chi connectivity index (χ3v) is 3.86. The van der Waals surface area contributed by atoms with E-state index in [4.69, 9.17) is 5.26 Å². The van der Waals surface area contributed by atoms with Crippen LogP contribution in [0.3, 0.4) is 0 Å². The quantitative estimate of drug-likeness (QED) is 0.882. The van der Waals surface area contributed by atoms with E-state index in [1.54, 1.807) is 6.07 Å². The van der Waals surface area contributed by atoms with Gasteiger partial charge in [0.1, 0.15) is 17.6 Å². The third-order valence-electron chi connectivity index (χ3n) is 3.86. The zero-order valence-electron chi connectivity index (χ0n) is 11.1. The first-order valence-corrected chi connectivity index (χ1v) is 6.52. The molecule has 0 amide bonds. The second-order valence-corrected chi connectivity index (χ2v) is 4.90. The molecule has 0 unspecified atom stereocenters. The summed E-state index contributed by atoms with van der Waals surface area (Å²) in [5.41, 5.74) is 0.489. The molecular formula is C14H20N4. The molecule has 0 saturated heterocycles. The number of hydrogen-bond donors (Lipinski definition) is 1. The summed E-state index contributed by atoms with van der Waals surface area (Å²) >= 11 is 0. The van der Waals surface area contributed by atoms with Crippen molar-refractivity contribution in [3.05, 3.63) is 23.9 Å². The van der Waals surface area contributed by atoms with Crippen LogP contribution >= 0.6 is 0 Å². The smallest absolute Gasteiger partial charge is 0.142 e. The molecule has 1 aliphatic carbocycles. The van der Waals surface area contributed by atoms with E-state index in [0.717, 1.165) is 5.82 Å². The number of pyridine rings is 1. The van der Waals surface area contributed by atoms with Gasteiger partial charge < -0.3 is 10.2 Å². The summed E-state index contributed by atoms with van der Waals surface area (Å²) < 4.78 is 0. The van der Waals surface area contributed by atoms with Crippen molar-refractivity contribution in [2.45, 2.75) is 37.8 Å². The van der Waals surface area contributed by atoms with E-state index in [1.165, 1.54) is 25.7 Å². The highest BCUT2D eigenvalue weighted by molar-refractivity contribution is 5.41. The van der Waals surface area contributed by atoms with Gasteiger partial charge in [0.15, 0.2) is 0 Å². The van der Waals surface area contributed by atoms with Crippen molar-refractivity contribution in [2.24, 2.45) is 0 Å². The van der Waals surface area contributed by atoms with E-state index >= 15 is 0 Å². The predicted octanol–water partition coefficient (Wildman–Crippen LogP) is 1.92. The molecule has 0 atom stereocenters. The van der Waals surface area contributed by atoms with E-state index in [-0.39, 0.29) is 0 Å². The normalized spacial score (nSPS) is 23.4. The van der Waals surface area contributed by atoms with Crippen LogP contribution in [-0.2, 0) is 0 Å². The van der Waals surface area contributed by atoms with Crippen LogP contribution in [0.15, 0.2) is 18.2 Å². The Hall–Kier alpha value is -1.60. The molecule has 18 heavy (non-hydrogen) atoms. The van der Waals surface area contributed by atoms with Gasteiger partial charge in [-0.05, 0) is 44.9 Å². The average Bonchev–Trinajstić information content (AvgIpc) is 2.46. The molecule has 0 radical (unpaired) electrons. The maximum absolute atomic E-state index is 8.88. The zero-order chi connectivity index (χ0) is 13.0. The lowest BCUT2D eigenvalue weighted by Crippen LogP contribution is -2.40. The van der Waals surface area contributed by atoms with Gasteiger partial charge in [0.05, 0.1) is 0 Å². The van der Waals surface area contributed by atoms with Gasteiger partial charge in [-0.15, -0.1) is 0 Å². The number of hydrogen-bond acceptors (Lipinski definition) is 4. The molecule has 0 bridgehead atoms. The topological polar surface area (TPSA) is 52.0 Å². The number of aromatic nitrogens is 1. The molecule has 0 aromatic carbocycles. The first kappa shape index (κ1) is 12.8. The SMILES string of the molecule is CNC1CCC(N(C)c2cccc(C#N)n2)CC1. The Bertz CT molecular complexity index is 430. The lowest BCUT2D eigenvalue weighted by atomic mass is 9.90. The molecule has 1 fully saturated rings. The molecule has 4 nitrogen and oxygen atoms in total. The average molecular weight is 244 g/mol. The molecule has 1 aromatic rings. The zero-order valence-corrected chi connectivity index (χ0v) is 11.1. The summed E-state index contributed by atoms with van der Waals surface area (Å²) in [6.45, 7) is 0. The van der Waals surface area contributed by atoms with Crippen molar-refractivity contribution in [3.8, 4) is 6.07 Å². The second kappa shape index (κ2) is 5.83. The van der Waals surface area contributed by atoms with Crippen LogP contribution in [0.1, 0.15) is 31.4 Å². The lowest BCUT2D eigenvalue weighted by Gasteiger charge is -2.35. The van der Waals surface area contributed by atoms with Gasteiger partial charge in [0.25, 0.3) is 0 Å². The van der Waals surface area contributed by atoms with Crippen molar-refractivity contribution < 1.29 is 0 Å². The standard InChI is InChI=1S/C14H20N4/c1-16-11-6-8-13(9-7-11)18(2)14-5-3-4-12(10-15)17-14/h3-5,11,13,16H,6-9H2,1-2H3. The Labute approximate surface area is 109 Å². The summed E-state index contributed by atoms with van der Waals surface area (Å²) in [5.74, 6) is 0.905. The summed E-state index contributed by atoms with van der Waals surface area (Å²) in [4.78, 5) is 6.57. The van der Waals surface area contributed by atoms with Gasteiger partial charge in [-0.25, -0.2) is 4.98 Å². The van der Waals surface area contributed by atoms with Crippen molar-refractivity contribution in [2.75, 3.05) is 19.0 Å². The van der Waals surface area contributed by atoms with Crippen LogP contribution in [0.2, 0.25) is 0 Å². The molecule has 96 valence electrons. The highest BCUT2D eigenvalue weighted by Gasteiger charge is 2.23. The summed E-state index contributed by atoms with van der Waals surface area (Å²) in [6.07, 6.45) is 4.79. The molecule has 1 aromatic heterocycles. The van der Waals surface area contributed by atoms with Crippen LogP contribution in [0.4, 0.5) is 5.82 Å². The molecule has 1 heterocycles. The van der Waals surface area contributed by atoms with Crippen molar-refractivity contribution >= 4 is 5.82 Å². The second-order valence-electron chi connectivity index (χ2n) is 4.90. The van der Waals surface area contributed by atoms with Crippen LogP contribution in [-0.4, -0.2) is 31.2 Å². The van der Waals surface area contributed by atoms with Crippen LogP contribution in [0.5, 0.6) is 0 Å².